The minimum absolute atomic E-state index is 0.111. The Hall–Kier alpha value is -0.370. The predicted molar refractivity (Wildman–Crippen MR) is 87.7 cm³/mol. The van der Waals surface area contributed by atoms with Crippen molar-refractivity contribution in [3.05, 3.63) is 16.5 Å². The summed E-state index contributed by atoms with van der Waals surface area (Å²) in [5, 5.41) is 3.20. The summed E-state index contributed by atoms with van der Waals surface area (Å²) in [6.45, 7) is 11.0. The Morgan fingerprint density at radius 1 is 1.38 bits per heavy atom. The lowest BCUT2D eigenvalue weighted by molar-refractivity contribution is 0.310. The minimum Gasteiger partial charge on any atom is -0.452 e. The van der Waals surface area contributed by atoms with Crippen molar-refractivity contribution < 1.29 is 12.8 Å². The number of hydrogen-bond donors (Lipinski definition) is 1. The number of nitrogens with zero attached hydrogens (tertiary/aromatic N) is 1. The van der Waals surface area contributed by atoms with Gasteiger partial charge in [-0.2, -0.15) is 0 Å². The lowest BCUT2D eigenvalue weighted by Gasteiger charge is -2.25. The van der Waals surface area contributed by atoms with Gasteiger partial charge in [0, 0.05) is 25.7 Å². The lowest BCUT2D eigenvalue weighted by atomic mass is 9.97. The molecule has 1 aromatic heterocycles. The normalized spacial score (nSPS) is 13.4. The van der Waals surface area contributed by atoms with Gasteiger partial charge >= 0.3 is 0 Å². The zero-order valence-corrected chi connectivity index (χ0v) is 15.9. The van der Waals surface area contributed by atoms with Crippen molar-refractivity contribution in [3.8, 4) is 0 Å². The molecule has 0 aliphatic rings. The average Bonchev–Trinajstić information content (AvgIpc) is 2.66. The Morgan fingerprint density at radius 2 is 1.95 bits per heavy atom. The summed E-state index contributed by atoms with van der Waals surface area (Å²) in [5.74, 6) is 0.596. The van der Waals surface area contributed by atoms with Crippen LogP contribution in [0.1, 0.15) is 40.4 Å². The van der Waals surface area contributed by atoms with E-state index in [0.717, 1.165) is 0 Å². The molecule has 0 unspecified atom stereocenters. The molecule has 122 valence electrons. The second-order valence-corrected chi connectivity index (χ2v) is 9.44. The highest BCUT2D eigenvalue weighted by Gasteiger charge is 2.29. The van der Waals surface area contributed by atoms with Gasteiger partial charge in [0.05, 0.1) is 6.54 Å². The third-order valence-corrected chi connectivity index (χ3v) is 5.44. The van der Waals surface area contributed by atoms with Crippen LogP contribution in [0.3, 0.4) is 0 Å². The number of nitrogens with one attached hydrogen (secondary N) is 1. The van der Waals surface area contributed by atoms with E-state index >= 15 is 0 Å². The molecular weight excluding hydrogens is 356 g/mol. The standard InChI is InChI=1S/C14H25BrN2O3S/c1-10(2)16-8-11-7-12(13(15)20-11)21(18,19)17(6)9-14(3,4)5/h7,10,16H,8-9H2,1-6H3. The first-order valence-corrected chi connectivity index (χ1v) is 9.15. The van der Waals surface area contributed by atoms with Crippen LogP contribution in [-0.2, 0) is 16.6 Å². The Balaban J connectivity index is 2.98. The SMILES string of the molecule is CC(C)NCc1cc(S(=O)(=O)N(C)CC(C)(C)C)c(Br)o1. The first kappa shape index (κ1) is 18.7. The summed E-state index contributed by atoms with van der Waals surface area (Å²) in [6.07, 6.45) is 0. The molecule has 0 aliphatic heterocycles. The van der Waals surface area contributed by atoms with Crippen LogP contribution in [0.15, 0.2) is 20.0 Å². The molecule has 21 heavy (non-hydrogen) atoms. The van der Waals surface area contributed by atoms with Gasteiger partial charge in [0.15, 0.2) is 4.67 Å². The van der Waals surface area contributed by atoms with Crippen LogP contribution in [0.25, 0.3) is 0 Å². The molecule has 0 aliphatic carbocycles. The second kappa shape index (κ2) is 6.81. The fourth-order valence-corrected chi connectivity index (χ4v) is 4.24. The molecule has 5 nitrogen and oxygen atoms in total. The summed E-state index contributed by atoms with van der Waals surface area (Å²) >= 11 is 3.21. The van der Waals surface area contributed by atoms with Crippen LogP contribution in [0.5, 0.6) is 0 Å². The zero-order valence-electron chi connectivity index (χ0n) is 13.5. The van der Waals surface area contributed by atoms with Crippen LogP contribution >= 0.6 is 15.9 Å². The Labute approximate surface area is 136 Å². The fraction of sp³-hybridized carbons (Fsp3) is 0.714. The molecule has 1 N–H and O–H groups in total. The lowest BCUT2D eigenvalue weighted by Crippen LogP contribution is -2.34. The van der Waals surface area contributed by atoms with Gasteiger partial charge < -0.3 is 9.73 Å². The number of hydrogen-bond acceptors (Lipinski definition) is 4. The molecule has 1 heterocycles. The molecule has 7 heteroatoms. The highest BCUT2D eigenvalue weighted by atomic mass is 79.9. The fourth-order valence-electron chi connectivity index (χ4n) is 1.89. The predicted octanol–water partition coefficient (Wildman–Crippen LogP) is 3.21. The van der Waals surface area contributed by atoms with Crippen LogP contribution in [0.2, 0.25) is 0 Å². The maximum absolute atomic E-state index is 12.6. The first-order valence-electron chi connectivity index (χ1n) is 6.91. The maximum Gasteiger partial charge on any atom is 0.247 e. The van der Waals surface area contributed by atoms with Gasteiger partial charge in [-0.3, -0.25) is 0 Å². The van der Waals surface area contributed by atoms with E-state index in [1.165, 1.54) is 4.31 Å². The van der Waals surface area contributed by atoms with E-state index in [1.54, 1.807) is 13.1 Å². The third kappa shape index (κ3) is 5.39. The average molecular weight is 381 g/mol. The largest absolute Gasteiger partial charge is 0.452 e. The van der Waals surface area contributed by atoms with Crippen LogP contribution in [-0.4, -0.2) is 32.4 Å². The summed E-state index contributed by atoms with van der Waals surface area (Å²) in [4.78, 5) is 0.176. The van der Waals surface area contributed by atoms with Crippen molar-refractivity contribution in [2.45, 2.75) is 52.1 Å². The van der Waals surface area contributed by atoms with Crippen LogP contribution in [0.4, 0.5) is 0 Å². The molecule has 1 aromatic rings. The van der Waals surface area contributed by atoms with E-state index < -0.39 is 10.0 Å². The Morgan fingerprint density at radius 3 is 2.43 bits per heavy atom. The maximum atomic E-state index is 12.6. The van der Waals surface area contributed by atoms with E-state index in [4.69, 9.17) is 4.42 Å². The summed E-state index contributed by atoms with van der Waals surface area (Å²) in [7, 11) is -1.97. The number of sulfonamides is 1. The Kier molecular flexibility index (Phi) is 6.06. The number of furan rings is 1. The highest BCUT2D eigenvalue weighted by Crippen LogP contribution is 2.29. The number of rotatable bonds is 6. The van der Waals surface area contributed by atoms with Gasteiger partial charge in [-0.25, -0.2) is 12.7 Å². The van der Waals surface area contributed by atoms with Gasteiger partial charge in [-0.05, 0) is 21.3 Å². The van der Waals surface area contributed by atoms with Gasteiger partial charge in [-0.15, -0.1) is 0 Å². The monoisotopic (exact) mass is 380 g/mol. The molecule has 0 radical (unpaired) electrons. The summed E-state index contributed by atoms with van der Waals surface area (Å²) < 4.78 is 32.3. The molecule has 0 saturated carbocycles. The van der Waals surface area contributed by atoms with Gasteiger partial charge in [-0.1, -0.05) is 34.6 Å². The van der Waals surface area contributed by atoms with Crippen molar-refractivity contribution in [2.75, 3.05) is 13.6 Å². The number of halogens is 1. The van der Waals surface area contributed by atoms with Crippen molar-refractivity contribution in [1.29, 1.82) is 0 Å². The smallest absolute Gasteiger partial charge is 0.247 e. The van der Waals surface area contributed by atoms with Gasteiger partial charge in [0.25, 0.3) is 0 Å². The molecule has 0 aromatic carbocycles. The van der Waals surface area contributed by atoms with E-state index in [0.29, 0.717) is 24.9 Å². The molecule has 0 saturated heterocycles. The molecule has 0 bridgehead atoms. The first-order chi connectivity index (χ1) is 9.43. The minimum atomic E-state index is -3.56. The topological polar surface area (TPSA) is 62.6 Å². The van der Waals surface area contributed by atoms with E-state index in [2.05, 4.69) is 21.2 Å². The molecule has 0 amide bonds. The Bertz CT molecular complexity index is 574. The van der Waals surface area contributed by atoms with E-state index in [-0.39, 0.29) is 15.0 Å². The molecular formula is C14H25BrN2O3S. The third-order valence-electron chi connectivity index (χ3n) is 2.78. The van der Waals surface area contributed by atoms with Crippen molar-refractivity contribution >= 4 is 26.0 Å². The zero-order chi connectivity index (χ0) is 16.4. The van der Waals surface area contributed by atoms with Gasteiger partial charge in [0.1, 0.15) is 10.7 Å². The van der Waals surface area contributed by atoms with Crippen molar-refractivity contribution in [3.63, 3.8) is 0 Å². The molecule has 0 spiro atoms. The van der Waals surface area contributed by atoms with Crippen molar-refractivity contribution in [1.82, 2.24) is 9.62 Å². The van der Waals surface area contributed by atoms with E-state index in [9.17, 15) is 8.42 Å². The van der Waals surface area contributed by atoms with Crippen LogP contribution < -0.4 is 5.32 Å². The highest BCUT2D eigenvalue weighted by molar-refractivity contribution is 9.10. The van der Waals surface area contributed by atoms with Crippen LogP contribution in [0, 0.1) is 5.41 Å². The summed E-state index contributed by atoms with van der Waals surface area (Å²) in [5.41, 5.74) is -0.111. The second-order valence-electron chi connectivity index (χ2n) is 6.71. The van der Waals surface area contributed by atoms with Gasteiger partial charge in [0.2, 0.25) is 10.0 Å². The van der Waals surface area contributed by atoms with Crippen molar-refractivity contribution in [2.24, 2.45) is 5.41 Å². The molecule has 1 rings (SSSR count). The van der Waals surface area contributed by atoms with E-state index in [1.807, 2.05) is 34.6 Å². The molecule has 0 atom stereocenters. The molecule has 0 fully saturated rings. The quantitative estimate of drug-likeness (QED) is 0.822. The summed E-state index contributed by atoms with van der Waals surface area (Å²) in [6, 6.07) is 1.88.